The number of methoxy groups -OCH3 is 1. The first kappa shape index (κ1) is 16.2. The second-order valence-electron chi connectivity index (χ2n) is 6.10. The predicted molar refractivity (Wildman–Crippen MR) is 88.6 cm³/mol. The number of nitrogens with two attached hydrogens (primary N) is 1. The van der Waals surface area contributed by atoms with Crippen molar-refractivity contribution in [3.63, 3.8) is 0 Å². The number of nitrogens with zero attached hydrogens (tertiary/aromatic N) is 2. The molecule has 2 N–H and O–H groups in total. The van der Waals surface area contributed by atoms with Crippen molar-refractivity contribution >= 4 is 12.0 Å². The largest absolute Gasteiger partial charge is 0.495 e. The Morgan fingerprint density at radius 3 is 2.35 bits per heavy atom. The number of anilines is 1. The molecule has 0 aromatic heterocycles. The van der Waals surface area contributed by atoms with Gasteiger partial charge in [0.2, 0.25) is 0 Å². The SMILES string of the molecule is COc1cc2c(cc1N)CCN(C(C=O)N1CCOCC1)CC2. The lowest BCUT2D eigenvalue weighted by Crippen LogP contribution is -2.54. The number of morpholine rings is 1. The first-order valence-corrected chi connectivity index (χ1v) is 8.19. The van der Waals surface area contributed by atoms with E-state index in [9.17, 15) is 4.79 Å². The monoisotopic (exact) mass is 319 g/mol. The summed E-state index contributed by atoms with van der Waals surface area (Å²) in [5, 5.41) is 0. The molecule has 0 spiro atoms. The summed E-state index contributed by atoms with van der Waals surface area (Å²) in [6.07, 6.45) is 2.71. The molecule has 0 radical (unpaired) electrons. The summed E-state index contributed by atoms with van der Waals surface area (Å²) in [6, 6.07) is 4.06. The van der Waals surface area contributed by atoms with Crippen LogP contribution in [0.4, 0.5) is 5.69 Å². The van der Waals surface area contributed by atoms with E-state index in [2.05, 4.69) is 9.80 Å². The minimum absolute atomic E-state index is 0.160. The number of fused-ring (bicyclic) bond motifs is 1. The van der Waals surface area contributed by atoms with Crippen LogP contribution in [-0.2, 0) is 22.4 Å². The van der Waals surface area contributed by atoms with Gasteiger partial charge in [0.15, 0.2) is 6.29 Å². The van der Waals surface area contributed by atoms with Crippen molar-refractivity contribution in [1.29, 1.82) is 0 Å². The molecule has 3 rings (SSSR count). The van der Waals surface area contributed by atoms with E-state index < -0.39 is 0 Å². The molecule has 2 aliphatic rings. The van der Waals surface area contributed by atoms with Gasteiger partial charge in [-0.2, -0.15) is 0 Å². The van der Waals surface area contributed by atoms with Gasteiger partial charge in [-0.05, 0) is 36.1 Å². The average molecular weight is 319 g/mol. The molecule has 0 bridgehead atoms. The number of rotatable bonds is 4. The van der Waals surface area contributed by atoms with Crippen LogP contribution in [0.15, 0.2) is 12.1 Å². The zero-order chi connectivity index (χ0) is 16.2. The van der Waals surface area contributed by atoms with Crippen LogP contribution in [0.25, 0.3) is 0 Å². The van der Waals surface area contributed by atoms with Gasteiger partial charge in [-0.15, -0.1) is 0 Å². The van der Waals surface area contributed by atoms with Crippen molar-refractivity contribution in [3.05, 3.63) is 23.3 Å². The maximum Gasteiger partial charge on any atom is 0.151 e. The zero-order valence-corrected chi connectivity index (χ0v) is 13.7. The average Bonchev–Trinajstić information content (AvgIpc) is 2.78. The summed E-state index contributed by atoms with van der Waals surface area (Å²) in [5.74, 6) is 0.734. The molecule has 1 atom stereocenters. The first-order chi connectivity index (χ1) is 11.2. The number of nitrogen functional groups attached to an aromatic ring is 1. The molecule has 23 heavy (non-hydrogen) atoms. The third kappa shape index (κ3) is 3.49. The van der Waals surface area contributed by atoms with Gasteiger partial charge in [0.1, 0.15) is 11.9 Å². The van der Waals surface area contributed by atoms with Crippen molar-refractivity contribution in [2.75, 3.05) is 52.2 Å². The first-order valence-electron chi connectivity index (χ1n) is 8.19. The van der Waals surface area contributed by atoms with E-state index in [1.165, 1.54) is 11.1 Å². The third-order valence-electron chi connectivity index (χ3n) is 4.80. The number of ether oxygens (including phenoxy) is 2. The molecule has 1 aromatic carbocycles. The van der Waals surface area contributed by atoms with E-state index in [1.807, 2.05) is 12.1 Å². The van der Waals surface area contributed by atoms with Crippen molar-refractivity contribution in [1.82, 2.24) is 9.80 Å². The minimum Gasteiger partial charge on any atom is -0.495 e. The number of carbonyl (C=O) groups excluding carboxylic acids is 1. The molecular weight excluding hydrogens is 294 g/mol. The van der Waals surface area contributed by atoms with Crippen LogP contribution in [0, 0.1) is 0 Å². The van der Waals surface area contributed by atoms with Crippen molar-refractivity contribution in [3.8, 4) is 5.75 Å². The Labute approximate surface area is 137 Å². The van der Waals surface area contributed by atoms with E-state index in [1.54, 1.807) is 7.11 Å². The highest BCUT2D eigenvalue weighted by atomic mass is 16.5. The van der Waals surface area contributed by atoms with E-state index in [-0.39, 0.29) is 6.17 Å². The smallest absolute Gasteiger partial charge is 0.151 e. The fourth-order valence-corrected chi connectivity index (χ4v) is 3.48. The summed E-state index contributed by atoms with van der Waals surface area (Å²) < 4.78 is 10.7. The molecule has 1 fully saturated rings. The van der Waals surface area contributed by atoms with Crippen LogP contribution < -0.4 is 10.5 Å². The molecule has 6 nitrogen and oxygen atoms in total. The minimum atomic E-state index is -0.160. The molecule has 0 amide bonds. The van der Waals surface area contributed by atoms with Gasteiger partial charge in [-0.25, -0.2) is 0 Å². The lowest BCUT2D eigenvalue weighted by Gasteiger charge is -2.37. The lowest BCUT2D eigenvalue weighted by molar-refractivity contribution is -0.122. The maximum absolute atomic E-state index is 11.7. The van der Waals surface area contributed by atoms with E-state index in [0.717, 1.165) is 51.1 Å². The molecular formula is C17H25N3O3. The van der Waals surface area contributed by atoms with Gasteiger partial charge < -0.3 is 20.0 Å². The Morgan fingerprint density at radius 2 is 1.74 bits per heavy atom. The Balaban J connectivity index is 1.74. The van der Waals surface area contributed by atoms with Crippen LogP contribution >= 0.6 is 0 Å². The number of benzene rings is 1. The van der Waals surface area contributed by atoms with Gasteiger partial charge >= 0.3 is 0 Å². The summed E-state index contributed by atoms with van der Waals surface area (Å²) in [6.45, 7) is 4.75. The Bertz CT molecular complexity index is 558. The Hall–Kier alpha value is -1.63. The van der Waals surface area contributed by atoms with Gasteiger partial charge in [-0.1, -0.05) is 0 Å². The normalized spacial score (nSPS) is 21.3. The van der Waals surface area contributed by atoms with Crippen LogP contribution in [0.1, 0.15) is 11.1 Å². The number of hydrogen-bond acceptors (Lipinski definition) is 6. The van der Waals surface area contributed by atoms with Crippen LogP contribution in [-0.4, -0.2) is 68.8 Å². The van der Waals surface area contributed by atoms with Gasteiger partial charge in [-0.3, -0.25) is 9.80 Å². The molecule has 2 aliphatic heterocycles. The number of hydrogen-bond donors (Lipinski definition) is 1. The van der Waals surface area contributed by atoms with Crippen molar-refractivity contribution in [2.45, 2.75) is 19.0 Å². The van der Waals surface area contributed by atoms with Gasteiger partial charge in [0.25, 0.3) is 0 Å². The molecule has 126 valence electrons. The second kappa shape index (κ2) is 7.29. The third-order valence-corrected chi connectivity index (χ3v) is 4.80. The topological polar surface area (TPSA) is 68.0 Å². The Kier molecular flexibility index (Phi) is 5.15. The van der Waals surface area contributed by atoms with E-state index in [4.69, 9.17) is 15.2 Å². The van der Waals surface area contributed by atoms with E-state index >= 15 is 0 Å². The summed E-state index contributed by atoms with van der Waals surface area (Å²) >= 11 is 0. The highest BCUT2D eigenvalue weighted by molar-refractivity contribution is 5.58. The molecule has 2 heterocycles. The van der Waals surface area contributed by atoms with Gasteiger partial charge in [0, 0.05) is 26.2 Å². The molecule has 0 aliphatic carbocycles. The predicted octanol–water partition coefficient (Wildman–Crippen LogP) is 0.535. The van der Waals surface area contributed by atoms with Crippen LogP contribution in [0.2, 0.25) is 0 Å². The van der Waals surface area contributed by atoms with E-state index in [0.29, 0.717) is 18.9 Å². The standard InChI is InChI=1S/C17H25N3O3/c1-22-16-11-14-3-5-19(4-2-13(14)10-15(16)18)17(12-21)20-6-8-23-9-7-20/h10-12,17H,2-9,18H2,1H3. The van der Waals surface area contributed by atoms with Crippen LogP contribution in [0.3, 0.4) is 0 Å². The second-order valence-corrected chi connectivity index (χ2v) is 6.10. The summed E-state index contributed by atoms with van der Waals surface area (Å²) in [5.41, 5.74) is 9.24. The highest BCUT2D eigenvalue weighted by Crippen LogP contribution is 2.28. The Morgan fingerprint density at radius 1 is 1.13 bits per heavy atom. The highest BCUT2D eigenvalue weighted by Gasteiger charge is 2.28. The molecule has 1 aromatic rings. The zero-order valence-electron chi connectivity index (χ0n) is 13.7. The summed E-state index contributed by atoms with van der Waals surface area (Å²) in [7, 11) is 1.64. The molecule has 6 heteroatoms. The fourth-order valence-electron chi connectivity index (χ4n) is 3.48. The summed E-state index contributed by atoms with van der Waals surface area (Å²) in [4.78, 5) is 16.2. The lowest BCUT2D eigenvalue weighted by atomic mass is 10.0. The molecule has 1 saturated heterocycles. The number of carbonyl (C=O) groups is 1. The fraction of sp³-hybridized carbons (Fsp3) is 0.588. The van der Waals surface area contributed by atoms with Gasteiger partial charge in [0.05, 0.1) is 26.0 Å². The quantitative estimate of drug-likeness (QED) is 0.645. The number of aldehydes is 1. The maximum atomic E-state index is 11.7. The molecule has 0 saturated carbocycles. The molecule has 1 unspecified atom stereocenters. The van der Waals surface area contributed by atoms with Crippen molar-refractivity contribution < 1.29 is 14.3 Å². The van der Waals surface area contributed by atoms with Crippen molar-refractivity contribution in [2.24, 2.45) is 0 Å². The van der Waals surface area contributed by atoms with Crippen LogP contribution in [0.5, 0.6) is 5.75 Å².